The quantitative estimate of drug-likeness (QED) is 0.266. The number of nitrogens with zero attached hydrogens (tertiary/aromatic N) is 2. The van der Waals surface area contributed by atoms with Crippen molar-refractivity contribution in [2.24, 2.45) is 0 Å². The molecule has 0 fully saturated rings. The second-order valence-corrected chi connectivity index (χ2v) is 6.83. The summed E-state index contributed by atoms with van der Waals surface area (Å²) >= 11 is 0. The number of aliphatic hydroxyl groups is 1. The summed E-state index contributed by atoms with van der Waals surface area (Å²) in [5.41, 5.74) is 1.12. The molecule has 5 rings (SSSR count). The van der Waals surface area contributed by atoms with Gasteiger partial charge in [0, 0.05) is 16.5 Å². The fourth-order valence-electron chi connectivity index (χ4n) is 3.72. The van der Waals surface area contributed by atoms with Crippen LogP contribution in [0.25, 0.3) is 22.3 Å². The number of hydrogen-bond acceptors (Lipinski definition) is 6. The van der Waals surface area contributed by atoms with Crippen LogP contribution in [0.4, 0.5) is 0 Å². The van der Waals surface area contributed by atoms with Crippen LogP contribution in [0.5, 0.6) is 5.75 Å². The highest BCUT2D eigenvalue weighted by atomic mass is 16.6. The number of phenolic OH excluding ortho intramolecular Hbond substituents is 1. The lowest BCUT2D eigenvalue weighted by molar-refractivity contribution is -0.169. The molecule has 7 heteroatoms. The largest absolute Gasteiger partial charge is 0.508 e. The van der Waals surface area contributed by atoms with Crippen LogP contribution < -0.4 is 5.56 Å². The summed E-state index contributed by atoms with van der Waals surface area (Å²) in [5.74, 6) is -0.622. The first kappa shape index (κ1) is 32.8. The highest BCUT2D eigenvalue weighted by Gasteiger charge is 2.42. The topological polar surface area (TPSA) is 102 Å². The smallest absolute Gasteiger partial charge is 0.342 e. The Morgan fingerprint density at radius 3 is 2.08 bits per heavy atom. The van der Waals surface area contributed by atoms with Crippen LogP contribution >= 0.6 is 0 Å². The Bertz CT molecular complexity index is 1200. The molecule has 200 valence electrons. The second kappa shape index (κ2) is 15.0. The van der Waals surface area contributed by atoms with Crippen molar-refractivity contribution in [2.75, 3.05) is 0 Å². The van der Waals surface area contributed by atoms with Gasteiger partial charge in [0.2, 0.25) is 0 Å². The van der Waals surface area contributed by atoms with Crippen molar-refractivity contribution >= 4 is 16.9 Å². The minimum Gasteiger partial charge on any atom is -0.508 e. The zero-order valence-corrected chi connectivity index (χ0v) is 23.8. The Morgan fingerprint density at radius 2 is 1.50 bits per heavy atom. The maximum absolute atomic E-state index is 12.9. The number of carbonyl (C=O) groups is 1. The van der Waals surface area contributed by atoms with Gasteiger partial charge >= 0.3 is 5.97 Å². The molecule has 2 aliphatic rings. The minimum absolute atomic E-state index is 0.147. The van der Waals surface area contributed by atoms with Crippen molar-refractivity contribution in [3.8, 4) is 17.1 Å². The van der Waals surface area contributed by atoms with Crippen molar-refractivity contribution in [3.05, 3.63) is 57.4 Å². The van der Waals surface area contributed by atoms with Gasteiger partial charge < -0.3 is 19.5 Å². The number of benzene rings is 1. The molecule has 1 aromatic carbocycles. The molecule has 2 aliphatic heterocycles. The number of pyridine rings is 2. The summed E-state index contributed by atoms with van der Waals surface area (Å²) in [5, 5.41) is 21.0. The van der Waals surface area contributed by atoms with Gasteiger partial charge in [0.15, 0.2) is 5.60 Å². The van der Waals surface area contributed by atoms with Crippen LogP contribution in [0.2, 0.25) is 0 Å². The standard InChI is InChI=1S/C19H14N2O5.5C2H6/c1-19(25)13-6-15-16-10(4-9-5-11(22)2-3-14(9)20-16)7-21(15)17(23)12(13)8-26-18(19)24;5*1-2/h2-6,22,25H,7-8H2,1H3;5*1-2H3. The number of ether oxygens (including phenoxy) is 1. The molecule has 0 bridgehead atoms. The Morgan fingerprint density at radius 1 is 0.917 bits per heavy atom. The van der Waals surface area contributed by atoms with Crippen molar-refractivity contribution < 1.29 is 19.7 Å². The van der Waals surface area contributed by atoms with Crippen LogP contribution in [0.3, 0.4) is 0 Å². The molecule has 0 saturated carbocycles. The molecule has 36 heavy (non-hydrogen) atoms. The number of aromatic nitrogens is 2. The summed E-state index contributed by atoms with van der Waals surface area (Å²) in [7, 11) is 0. The maximum atomic E-state index is 12.9. The zero-order chi connectivity index (χ0) is 28.2. The Kier molecular flexibility index (Phi) is 13.7. The molecule has 7 nitrogen and oxygen atoms in total. The van der Waals surface area contributed by atoms with Gasteiger partial charge in [-0.25, -0.2) is 9.78 Å². The molecule has 2 aromatic heterocycles. The van der Waals surface area contributed by atoms with E-state index < -0.39 is 11.6 Å². The van der Waals surface area contributed by atoms with E-state index in [0.717, 1.165) is 10.9 Å². The first-order valence-corrected chi connectivity index (χ1v) is 13.2. The lowest BCUT2D eigenvalue weighted by atomic mass is 9.90. The minimum atomic E-state index is -1.87. The number of phenols is 1. The molecule has 0 spiro atoms. The van der Waals surface area contributed by atoms with E-state index in [1.807, 2.05) is 75.3 Å². The van der Waals surface area contributed by atoms with E-state index in [9.17, 15) is 19.8 Å². The SMILES string of the molecule is CC.CC.CC.CC.CC.CC1(O)C(=O)OCc2c1cc1n(c2=O)Cc2cc3cc(O)ccc3nc2-1. The fraction of sp³-hybridized carbons (Fsp3) is 0.483. The van der Waals surface area contributed by atoms with Gasteiger partial charge in [-0.3, -0.25) is 4.79 Å². The van der Waals surface area contributed by atoms with E-state index >= 15 is 0 Å². The summed E-state index contributed by atoms with van der Waals surface area (Å²) in [6, 6.07) is 8.43. The molecular weight excluding hydrogens is 456 g/mol. The van der Waals surface area contributed by atoms with Gasteiger partial charge in [0.25, 0.3) is 5.56 Å². The third kappa shape index (κ3) is 6.13. The van der Waals surface area contributed by atoms with Gasteiger partial charge in [-0.2, -0.15) is 0 Å². The molecule has 0 saturated heterocycles. The van der Waals surface area contributed by atoms with E-state index in [0.29, 0.717) is 23.4 Å². The van der Waals surface area contributed by atoms with E-state index in [2.05, 4.69) is 4.98 Å². The third-order valence-corrected chi connectivity index (χ3v) is 5.12. The van der Waals surface area contributed by atoms with E-state index in [1.165, 1.54) is 6.92 Å². The number of aromatic hydroxyl groups is 1. The first-order valence-electron chi connectivity index (χ1n) is 13.2. The van der Waals surface area contributed by atoms with Crippen molar-refractivity contribution in [2.45, 2.75) is 94.9 Å². The molecule has 0 amide bonds. The third-order valence-electron chi connectivity index (χ3n) is 5.12. The van der Waals surface area contributed by atoms with Crippen LogP contribution in [-0.2, 0) is 28.3 Å². The summed E-state index contributed by atoms with van der Waals surface area (Å²) in [6.07, 6.45) is 0. The Hall–Kier alpha value is -3.19. The number of carbonyl (C=O) groups excluding carboxylic acids is 1. The Balaban J connectivity index is 0.00000110. The van der Waals surface area contributed by atoms with Gasteiger partial charge in [-0.15, -0.1) is 0 Å². The highest BCUT2D eigenvalue weighted by molar-refractivity contribution is 5.86. The van der Waals surface area contributed by atoms with E-state index in [1.54, 1.807) is 28.8 Å². The number of rotatable bonds is 0. The normalized spacial score (nSPS) is 15.6. The molecule has 0 aliphatic carbocycles. The predicted octanol–water partition coefficient (Wildman–Crippen LogP) is 6.53. The summed E-state index contributed by atoms with van der Waals surface area (Å²) in [4.78, 5) is 29.5. The predicted molar refractivity (Wildman–Crippen MR) is 148 cm³/mol. The van der Waals surface area contributed by atoms with Gasteiger partial charge in [0.1, 0.15) is 12.4 Å². The van der Waals surface area contributed by atoms with E-state index in [4.69, 9.17) is 4.74 Å². The highest BCUT2D eigenvalue weighted by Crippen LogP contribution is 2.37. The number of fused-ring (bicyclic) bond motifs is 5. The van der Waals surface area contributed by atoms with Crippen LogP contribution in [-0.4, -0.2) is 25.7 Å². The van der Waals surface area contributed by atoms with Crippen molar-refractivity contribution in [1.82, 2.24) is 9.55 Å². The fourth-order valence-corrected chi connectivity index (χ4v) is 3.72. The Labute approximate surface area is 215 Å². The van der Waals surface area contributed by atoms with Gasteiger partial charge in [0.05, 0.1) is 29.0 Å². The molecular formula is C29H44N2O5. The zero-order valence-electron chi connectivity index (χ0n) is 23.8. The first-order chi connectivity index (χ1) is 17.4. The van der Waals surface area contributed by atoms with Crippen LogP contribution in [0.15, 0.2) is 35.1 Å². The average molecular weight is 501 g/mol. The number of esters is 1. The van der Waals surface area contributed by atoms with Crippen LogP contribution in [0, 0.1) is 0 Å². The molecule has 4 heterocycles. The van der Waals surface area contributed by atoms with E-state index in [-0.39, 0.29) is 29.0 Å². The lowest BCUT2D eigenvalue weighted by Crippen LogP contribution is -2.42. The lowest BCUT2D eigenvalue weighted by Gasteiger charge is -2.29. The molecule has 0 radical (unpaired) electrons. The number of hydrogen-bond donors (Lipinski definition) is 2. The van der Waals surface area contributed by atoms with Crippen molar-refractivity contribution in [1.29, 1.82) is 0 Å². The molecule has 2 N–H and O–H groups in total. The maximum Gasteiger partial charge on any atom is 0.342 e. The van der Waals surface area contributed by atoms with Gasteiger partial charge in [-0.1, -0.05) is 69.2 Å². The summed E-state index contributed by atoms with van der Waals surface area (Å²) < 4.78 is 6.54. The van der Waals surface area contributed by atoms with Crippen molar-refractivity contribution in [3.63, 3.8) is 0 Å². The average Bonchev–Trinajstić information content (AvgIpc) is 3.29. The summed E-state index contributed by atoms with van der Waals surface area (Å²) in [6.45, 7) is 21.5. The molecule has 3 aromatic rings. The second-order valence-electron chi connectivity index (χ2n) is 6.83. The number of cyclic esters (lactones) is 1. The molecule has 1 atom stereocenters. The van der Waals surface area contributed by atoms with Crippen LogP contribution in [0.1, 0.15) is 92.9 Å². The molecule has 1 unspecified atom stereocenters. The monoisotopic (exact) mass is 500 g/mol. The van der Waals surface area contributed by atoms with Gasteiger partial charge in [-0.05, 0) is 37.3 Å².